The predicted octanol–water partition coefficient (Wildman–Crippen LogP) is 1.53. The van der Waals surface area contributed by atoms with Gasteiger partial charge in [0.05, 0.1) is 12.2 Å². The topological polar surface area (TPSA) is 49.9 Å². The zero-order valence-corrected chi connectivity index (χ0v) is 12.0. The first kappa shape index (κ1) is 14.4. The van der Waals surface area contributed by atoms with Gasteiger partial charge in [-0.3, -0.25) is 4.79 Å². The van der Waals surface area contributed by atoms with Gasteiger partial charge >= 0.3 is 5.97 Å². The molecule has 0 N–H and O–H groups in total. The summed E-state index contributed by atoms with van der Waals surface area (Å²) in [5.74, 6) is -0.164. The van der Waals surface area contributed by atoms with E-state index in [1.165, 1.54) is 0 Å². The maximum atomic E-state index is 11.6. The van der Waals surface area contributed by atoms with Crippen LogP contribution in [-0.2, 0) is 9.53 Å². The van der Waals surface area contributed by atoms with Gasteiger partial charge in [-0.1, -0.05) is 0 Å². The number of ether oxygens (including phenoxy) is 1. The standard InChI is InChI=1S/C15H20N2O3/c1-3-20-15(19)13-4-6-14(7-5-13)17-10-8-16(9-11-17)12(2)18/h4-7H,3,8-11H2,1-2H3. The first-order chi connectivity index (χ1) is 9.61. The molecule has 1 aromatic rings. The molecule has 1 saturated heterocycles. The Labute approximate surface area is 119 Å². The van der Waals surface area contributed by atoms with Gasteiger partial charge in [0.15, 0.2) is 0 Å². The normalized spacial score (nSPS) is 15.1. The van der Waals surface area contributed by atoms with Crippen LogP contribution in [0.15, 0.2) is 24.3 Å². The summed E-state index contributed by atoms with van der Waals surface area (Å²) >= 11 is 0. The first-order valence-electron chi connectivity index (χ1n) is 6.89. The summed E-state index contributed by atoms with van der Waals surface area (Å²) in [5, 5.41) is 0. The van der Waals surface area contributed by atoms with Gasteiger partial charge in [-0.15, -0.1) is 0 Å². The molecule has 0 saturated carbocycles. The van der Waals surface area contributed by atoms with E-state index in [0.717, 1.165) is 31.9 Å². The molecular formula is C15H20N2O3. The quantitative estimate of drug-likeness (QED) is 0.786. The van der Waals surface area contributed by atoms with Gasteiger partial charge in [0, 0.05) is 38.8 Å². The Hall–Kier alpha value is -2.04. The minimum Gasteiger partial charge on any atom is -0.462 e. The summed E-state index contributed by atoms with van der Waals surface area (Å²) in [6.45, 7) is 6.90. The third-order valence-electron chi connectivity index (χ3n) is 3.47. The number of piperazine rings is 1. The van der Waals surface area contributed by atoms with Crippen LogP contribution in [0.25, 0.3) is 0 Å². The van der Waals surface area contributed by atoms with Crippen LogP contribution in [0, 0.1) is 0 Å². The molecule has 0 unspecified atom stereocenters. The minimum atomic E-state index is -0.291. The summed E-state index contributed by atoms with van der Waals surface area (Å²) in [6, 6.07) is 7.42. The number of anilines is 1. The van der Waals surface area contributed by atoms with Crippen molar-refractivity contribution < 1.29 is 14.3 Å². The number of hydrogen-bond acceptors (Lipinski definition) is 4. The molecular weight excluding hydrogens is 256 g/mol. The molecule has 1 aromatic carbocycles. The Morgan fingerprint density at radius 2 is 1.70 bits per heavy atom. The highest BCUT2D eigenvalue weighted by Gasteiger charge is 2.18. The highest BCUT2D eigenvalue weighted by Crippen LogP contribution is 2.17. The van der Waals surface area contributed by atoms with E-state index in [2.05, 4.69) is 4.90 Å². The van der Waals surface area contributed by atoms with Crippen LogP contribution in [0.2, 0.25) is 0 Å². The number of carbonyl (C=O) groups excluding carboxylic acids is 2. The Bertz CT molecular complexity index is 476. The second kappa shape index (κ2) is 6.41. The molecule has 0 atom stereocenters. The van der Waals surface area contributed by atoms with Crippen molar-refractivity contribution in [2.24, 2.45) is 0 Å². The summed E-state index contributed by atoms with van der Waals surface area (Å²) in [7, 11) is 0. The van der Waals surface area contributed by atoms with Gasteiger partial charge in [0.25, 0.3) is 0 Å². The number of benzene rings is 1. The monoisotopic (exact) mass is 276 g/mol. The van der Waals surface area contributed by atoms with E-state index in [9.17, 15) is 9.59 Å². The van der Waals surface area contributed by atoms with Crippen LogP contribution in [0.4, 0.5) is 5.69 Å². The van der Waals surface area contributed by atoms with Gasteiger partial charge in [0.1, 0.15) is 0 Å². The summed E-state index contributed by atoms with van der Waals surface area (Å²) in [5.41, 5.74) is 1.64. The Balaban J connectivity index is 1.97. The summed E-state index contributed by atoms with van der Waals surface area (Å²) in [6.07, 6.45) is 0. The van der Waals surface area contributed by atoms with Crippen LogP contribution in [0.3, 0.4) is 0 Å². The zero-order valence-electron chi connectivity index (χ0n) is 12.0. The second-order valence-corrected chi connectivity index (χ2v) is 4.76. The van der Waals surface area contributed by atoms with Crippen molar-refractivity contribution >= 4 is 17.6 Å². The number of rotatable bonds is 3. The molecule has 0 bridgehead atoms. The van der Waals surface area contributed by atoms with Crippen molar-refractivity contribution in [3.05, 3.63) is 29.8 Å². The maximum absolute atomic E-state index is 11.6. The van der Waals surface area contributed by atoms with Crippen molar-refractivity contribution in [1.82, 2.24) is 4.90 Å². The Morgan fingerprint density at radius 1 is 1.10 bits per heavy atom. The van der Waals surface area contributed by atoms with Crippen LogP contribution < -0.4 is 4.90 Å². The van der Waals surface area contributed by atoms with E-state index in [1.807, 2.05) is 17.0 Å². The molecule has 20 heavy (non-hydrogen) atoms. The van der Waals surface area contributed by atoms with Crippen molar-refractivity contribution in [2.45, 2.75) is 13.8 Å². The molecule has 1 aliphatic heterocycles. The van der Waals surface area contributed by atoms with Gasteiger partial charge in [0.2, 0.25) is 5.91 Å². The second-order valence-electron chi connectivity index (χ2n) is 4.76. The highest BCUT2D eigenvalue weighted by atomic mass is 16.5. The van der Waals surface area contributed by atoms with Gasteiger partial charge in [-0.25, -0.2) is 4.79 Å². The lowest BCUT2D eigenvalue weighted by Gasteiger charge is -2.35. The average molecular weight is 276 g/mol. The maximum Gasteiger partial charge on any atom is 0.338 e. The molecule has 2 rings (SSSR count). The van der Waals surface area contributed by atoms with Gasteiger partial charge < -0.3 is 14.5 Å². The van der Waals surface area contributed by atoms with Crippen molar-refractivity contribution in [3.8, 4) is 0 Å². The van der Waals surface area contributed by atoms with Crippen LogP contribution >= 0.6 is 0 Å². The largest absolute Gasteiger partial charge is 0.462 e. The number of amides is 1. The Morgan fingerprint density at radius 3 is 2.20 bits per heavy atom. The van der Waals surface area contributed by atoms with Crippen LogP contribution in [0.5, 0.6) is 0 Å². The molecule has 1 amide bonds. The van der Waals surface area contributed by atoms with Crippen molar-refractivity contribution in [1.29, 1.82) is 0 Å². The van der Waals surface area contributed by atoms with E-state index in [1.54, 1.807) is 26.0 Å². The lowest BCUT2D eigenvalue weighted by atomic mass is 10.2. The zero-order chi connectivity index (χ0) is 14.5. The molecule has 1 aliphatic rings. The lowest BCUT2D eigenvalue weighted by molar-refractivity contribution is -0.129. The fourth-order valence-corrected chi connectivity index (χ4v) is 2.30. The highest BCUT2D eigenvalue weighted by molar-refractivity contribution is 5.89. The van der Waals surface area contributed by atoms with E-state index in [0.29, 0.717) is 12.2 Å². The summed E-state index contributed by atoms with van der Waals surface area (Å²) < 4.78 is 4.96. The third kappa shape index (κ3) is 3.29. The number of nitrogens with zero attached hydrogens (tertiary/aromatic N) is 2. The fraction of sp³-hybridized carbons (Fsp3) is 0.467. The summed E-state index contributed by atoms with van der Waals surface area (Å²) in [4.78, 5) is 26.9. The molecule has 5 heteroatoms. The average Bonchev–Trinajstić information content (AvgIpc) is 2.48. The molecule has 108 valence electrons. The minimum absolute atomic E-state index is 0.127. The Kier molecular flexibility index (Phi) is 4.61. The van der Waals surface area contributed by atoms with E-state index in [-0.39, 0.29) is 11.9 Å². The molecule has 1 heterocycles. The van der Waals surface area contributed by atoms with Gasteiger partial charge in [-0.05, 0) is 31.2 Å². The van der Waals surface area contributed by atoms with Crippen molar-refractivity contribution in [3.63, 3.8) is 0 Å². The van der Waals surface area contributed by atoms with E-state index >= 15 is 0 Å². The number of hydrogen-bond donors (Lipinski definition) is 0. The fourth-order valence-electron chi connectivity index (χ4n) is 2.30. The number of carbonyl (C=O) groups is 2. The predicted molar refractivity (Wildman–Crippen MR) is 76.9 cm³/mol. The third-order valence-corrected chi connectivity index (χ3v) is 3.47. The molecule has 0 aromatic heterocycles. The van der Waals surface area contributed by atoms with Crippen LogP contribution in [0.1, 0.15) is 24.2 Å². The molecule has 1 fully saturated rings. The molecule has 5 nitrogen and oxygen atoms in total. The number of esters is 1. The van der Waals surface area contributed by atoms with Crippen LogP contribution in [-0.4, -0.2) is 49.6 Å². The molecule has 0 spiro atoms. The first-order valence-corrected chi connectivity index (χ1v) is 6.89. The van der Waals surface area contributed by atoms with Gasteiger partial charge in [-0.2, -0.15) is 0 Å². The smallest absolute Gasteiger partial charge is 0.338 e. The molecule has 0 aliphatic carbocycles. The van der Waals surface area contributed by atoms with E-state index < -0.39 is 0 Å². The SMILES string of the molecule is CCOC(=O)c1ccc(N2CCN(C(C)=O)CC2)cc1. The molecule has 0 radical (unpaired) electrons. The van der Waals surface area contributed by atoms with Crippen molar-refractivity contribution in [2.75, 3.05) is 37.7 Å². The lowest BCUT2D eigenvalue weighted by Crippen LogP contribution is -2.48. The van der Waals surface area contributed by atoms with E-state index in [4.69, 9.17) is 4.74 Å².